The van der Waals surface area contributed by atoms with Crippen molar-refractivity contribution in [2.75, 3.05) is 32.7 Å². The number of nitrogens with one attached hydrogen (secondary N) is 1. The largest absolute Gasteiger partial charge is 0.350 e. The number of aromatic nitrogens is 1. The van der Waals surface area contributed by atoms with Crippen LogP contribution in [0.25, 0.3) is 10.9 Å². The maximum absolute atomic E-state index is 13.8. The molecule has 2 aromatic rings. The molecule has 1 atom stereocenters. The van der Waals surface area contributed by atoms with Gasteiger partial charge in [0, 0.05) is 42.3 Å². The molecule has 1 aromatic carbocycles. The molecule has 2 aliphatic heterocycles. The molecule has 4 rings (SSSR count). The quantitative estimate of drug-likeness (QED) is 0.863. The SMILES string of the molecule is CC1CN=C(N2CCN(C(=O)c3cc4c(F)cccc4[nH]3)CC2)S1. The van der Waals surface area contributed by atoms with Crippen LogP contribution in [0.4, 0.5) is 4.39 Å². The van der Waals surface area contributed by atoms with Gasteiger partial charge in [0.2, 0.25) is 0 Å². The van der Waals surface area contributed by atoms with E-state index in [0.717, 1.165) is 24.8 Å². The van der Waals surface area contributed by atoms with Crippen molar-refractivity contribution in [3.63, 3.8) is 0 Å². The minimum Gasteiger partial charge on any atom is -0.350 e. The van der Waals surface area contributed by atoms with E-state index in [2.05, 4.69) is 21.8 Å². The second-order valence-electron chi connectivity index (χ2n) is 6.22. The van der Waals surface area contributed by atoms with Gasteiger partial charge in [0.1, 0.15) is 11.5 Å². The van der Waals surface area contributed by atoms with Gasteiger partial charge >= 0.3 is 0 Å². The number of aromatic amines is 1. The first-order valence-electron chi connectivity index (χ1n) is 8.14. The molecule has 126 valence electrons. The van der Waals surface area contributed by atoms with Crippen LogP contribution in [0.5, 0.6) is 0 Å². The second kappa shape index (κ2) is 6.12. The van der Waals surface area contributed by atoms with Crippen molar-refractivity contribution in [3.05, 3.63) is 35.8 Å². The highest BCUT2D eigenvalue weighted by Crippen LogP contribution is 2.24. The second-order valence-corrected chi connectivity index (χ2v) is 7.62. The zero-order valence-electron chi connectivity index (χ0n) is 13.5. The molecule has 1 saturated heterocycles. The van der Waals surface area contributed by atoms with Gasteiger partial charge in [0.05, 0.1) is 6.54 Å². The van der Waals surface area contributed by atoms with Crippen molar-refractivity contribution in [1.29, 1.82) is 0 Å². The topological polar surface area (TPSA) is 51.7 Å². The van der Waals surface area contributed by atoms with Gasteiger partial charge in [-0.2, -0.15) is 0 Å². The fraction of sp³-hybridized carbons (Fsp3) is 0.412. The van der Waals surface area contributed by atoms with E-state index >= 15 is 0 Å². The van der Waals surface area contributed by atoms with E-state index in [9.17, 15) is 9.18 Å². The average Bonchev–Trinajstić information content (AvgIpc) is 3.21. The Morgan fingerprint density at radius 3 is 2.79 bits per heavy atom. The first-order valence-corrected chi connectivity index (χ1v) is 9.02. The van der Waals surface area contributed by atoms with Crippen LogP contribution >= 0.6 is 11.8 Å². The highest BCUT2D eigenvalue weighted by atomic mass is 32.2. The van der Waals surface area contributed by atoms with Crippen LogP contribution in [0.1, 0.15) is 17.4 Å². The predicted molar refractivity (Wildman–Crippen MR) is 95.1 cm³/mol. The van der Waals surface area contributed by atoms with Gasteiger partial charge in [0.25, 0.3) is 5.91 Å². The van der Waals surface area contributed by atoms with Crippen LogP contribution in [-0.2, 0) is 0 Å². The number of hydrogen-bond donors (Lipinski definition) is 1. The molecule has 1 fully saturated rings. The Kier molecular flexibility index (Phi) is 3.96. The number of hydrogen-bond acceptors (Lipinski definition) is 4. The summed E-state index contributed by atoms with van der Waals surface area (Å²) in [6, 6.07) is 6.44. The lowest BCUT2D eigenvalue weighted by Crippen LogP contribution is -2.50. The fourth-order valence-corrected chi connectivity index (χ4v) is 4.13. The van der Waals surface area contributed by atoms with Gasteiger partial charge in [0.15, 0.2) is 5.17 Å². The number of H-pyrrole nitrogens is 1. The van der Waals surface area contributed by atoms with Crippen molar-refractivity contribution in [3.8, 4) is 0 Å². The minimum absolute atomic E-state index is 0.0698. The molecule has 0 saturated carbocycles. The number of halogens is 1. The number of benzene rings is 1. The first-order chi connectivity index (χ1) is 11.6. The van der Waals surface area contributed by atoms with Crippen molar-refractivity contribution >= 4 is 33.7 Å². The number of piperazine rings is 1. The lowest BCUT2D eigenvalue weighted by molar-refractivity contribution is 0.0688. The van der Waals surface area contributed by atoms with Crippen molar-refractivity contribution < 1.29 is 9.18 Å². The molecule has 0 bridgehead atoms. The summed E-state index contributed by atoms with van der Waals surface area (Å²) in [6.07, 6.45) is 0. The molecular weight excluding hydrogens is 327 g/mol. The van der Waals surface area contributed by atoms with E-state index in [-0.39, 0.29) is 11.7 Å². The van der Waals surface area contributed by atoms with Gasteiger partial charge in [-0.05, 0) is 18.2 Å². The zero-order valence-corrected chi connectivity index (χ0v) is 14.3. The van der Waals surface area contributed by atoms with Crippen molar-refractivity contribution in [1.82, 2.24) is 14.8 Å². The molecule has 3 heterocycles. The van der Waals surface area contributed by atoms with Crippen LogP contribution in [0, 0.1) is 5.82 Å². The number of carbonyl (C=O) groups excluding carboxylic acids is 1. The van der Waals surface area contributed by atoms with Crippen LogP contribution in [0.2, 0.25) is 0 Å². The lowest BCUT2D eigenvalue weighted by Gasteiger charge is -2.35. The predicted octanol–water partition coefficient (Wildman–Crippen LogP) is 2.56. The molecule has 5 nitrogen and oxygen atoms in total. The minimum atomic E-state index is -0.307. The summed E-state index contributed by atoms with van der Waals surface area (Å²) in [5.41, 5.74) is 1.10. The van der Waals surface area contributed by atoms with Crippen LogP contribution in [-0.4, -0.2) is 63.8 Å². The van der Waals surface area contributed by atoms with E-state index in [4.69, 9.17) is 0 Å². The lowest BCUT2D eigenvalue weighted by atomic mass is 10.2. The molecule has 2 aliphatic rings. The van der Waals surface area contributed by atoms with Crippen molar-refractivity contribution in [2.24, 2.45) is 4.99 Å². The Balaban J connectivity index is 1.45. The number of thioether (sulfide) groups is 1. The third-order valence-electron chi connectivity index (χ3n) is 4.47. The van der Waals surface area contributed by atoms with Crippen LogP contribution < -0.4 is 0 Å². The van der Waals surface area contributed by atoms with E-state index in [1.807, 2.05) is 16.7 Å². The highest BCUT2D eigenvalue weighted by molar-refractivity contribution is 8.14. The van der Waals surface area contributed by atoms with E-state index in [1.54, 1.807) is 18.2 Å². The standard InChI is InChI=1S/C17H19FN4OS/c1-11-10-19-17(24-11)22-7-5-21(6-8-22)16(23)15-9-12-13(18)3-2-4-14(12)20-15/h2-4,9,11,20H,5-8,10H2,1H3. The summed E-state index contributed by atoms with van der Waals surface area (Å²) in [5.74, 6) is -0.377. The first kappa shape index (κ1) is 15.5. The monoisotopic (exact) mass is 346 g/mol. The Morgan fingerprint density at radius 2 is 2.12 bits per heavy atom. The fourth-order valence-electron chi connectivity index (χ4n) is 3.14. The average molecular weight is 346 g/mol. The third-order valence-corrected chi connectivity index (χ3v) is 5.62. The van der Waals surface area contributed by atoms with Gasteiger partial charge in [-0.15, -0.1) is 0 Å². The van der Waals surface area contributed by atoms with Gasteiger partial charge in [-0.25, -0.2) is 4.39 Å². The highest BCUT2D eigenvalue weighted by Gasteiger charge is 2.27. The molecule has 0 radical (unpaired) electrons. The van der Waals surface area contributed by atoms with E-state index in [1.165, 1.54) is 6.07 Å². The normalized spacial score (nSPS) is 21.4. The zero-order chi connectivity index (χ0) is 16.7. The molecule has 24 heavy (non-hydrogen) atoms. The van der Waals surface area contributed by atoms with E-state index in [0.29, 0.717) is 34.9 Å². The number of rotatable bonds is 1. The Hall–Kier alpha value is -2.02. The van der Waals surface area contributed by atoms with Gasteiger partial charge < -0.3 is 14.8 Å². The van der Waals surface area contributed by atoms with E-state index < -0.39 is 0 Å². The number of amidine groups is 1. The summed E-state index contributed by atoms with van der Waals surface area (Å²) >= 11 is 1.81. The Labute approximate surface area is 143 Å². The summed E-state index contributed by atoms with van der Waals surface area (Å²) in [5, 5.41) is 2.10. The molecule has 1 amide bonds. The number of amides is 1. The molecule has 0 aliphatic carbocycles. The molecule has 0 spiro atoms. The molecule has 1 N–H and O–H groups in total. The summed E-state index contributed by atoms with van der Waals surface area (Å²) in [4.78, 5) is 24.3. The Bertz CT molecular complexity index is 810. The summed E-state index contributed by atoms with van der Waals surface area (Å²) in [6.45, 7) is 5.95. The molecular formula is C17H19FN4OS. The summed E-state index contributed by atoms with van der Waals surface area (Å²) < 4.78 is 13.8. The maximum atomic E-state index is 13.8. The van der Waals surface area contributed by atoms with Gasteiger partial charge in [-0.3, -0.25) is 9.79 Å². The van der Waals surface area contributed by atoms with Crippen LogP contribution in [0.15, 0.2) is 29.3 Å². The summed E-state index contributed by atoms with van der Waals surface area (Å²) in [7, 11) is 0. The Morgan fingerprint density at radius 1 is 1.33 bits per heavy atom. The molecule has 1 aromatic heterocycles. The number of carbonyl (C=O) groups is 1. The van der Waals surface area contributed by atoms with Crippen molar-refractivity contribution in [2.45, 2.75) is 12.2 Å². The maximum Gasteiger partial charge on any atom is 0.270 e. The number of aliphatic imine (C=N–C) groups is 1. The number of nitrogens with zero attached hydrogens (tertiary/aromatic N) is 3. The van der Waals surface area contributed by atoms with Crippen LogP contribution in [0.3, 0.4) is 0 Å². The smallest absolute Gasteiger partial charge is 0.270 e. The molecule has 7 heteroatoms. The third kappa shape index (κ3) is 2.77. The molecule has 1 unspecified atom stereocenters. The number of fused-ring (bicyclic) bond motifs is 1. The van der Waals surface area contributed by atoms with Gasteiger partial charge in [-0.1, -0.05) is 24.8 Å².